The van der Waals surface area contributed by atoms with Crippen molar-refractivity contribution in [1.29, 1.82) is 0 Å². The van der Waals surface area contributed by atoms with Gasteiger partial charge in [0.25, 0.3) is 0 Å². The predicted molar refractivity (Wildman–Crippen MR) is 131 cm³/mol. The van der Waals surface area contributed by atoms with E-state index in [9.17, 15) is 9.59 Å². The van der Waals surface area contributed by atoms with Gasteiger partial charge in [-0.2, -0.15) is 0 Å². The molecule has 1 N–H and O–H groups in total. The van der Waals surface area contributed by atoms with Gasteiger partial charge in [-0.25, -0.2) is 0 Å². The van der Waals surface area contributed by atoms with E-state index in [0.29, 0.717) is 23.8 Å². The lowest BCUT2D eigenvalue weighted by Gasteiger charge is -2.26. The maximum absolute atomic E-state index is 12.8. The van der Waals surface area contributed by atoms with E-state index in [2.05, 4.69) is 5.32 Å². The smallest absolute Gasteiger partial charge is 0.248 e. The number of anilines is 2. The first kappa shape index (κ1) is 21.7. The van der Waals surface area contributed by atoms with E-state index in [1.807, 2.05) is 85.8 Å². The molecule has 1 heterocycles. The van der Waals surface area contributed by atoms with Crippen LogP contribution >= 0.6 is 11.8 Å². The van der Waals surface area contributed by atoms with E-state index >= 15 is 0 Å². The molecular formula is C26H24N2O3S. The summed E-state index contributed by atoms with van der Waals surface area (Å²) in [5, 5.41) is 2.72. The number of ether oxygens (including phenoxy) is 1. The molecular weight excluding hydrogens is 420 g/mol. The van der Waals surface area contributed by atoms with Crippen molar-refractivity contribution in [3.05, 3.63) is 96.1 Å². The number of amides is 2. The molecule has 2 amide bonds. The third-order valence-corrected chi connectivity index (χ3v) is 6.17. The normalized spacial score (nSPS) is 15.8. The number of rotatable bonds is 7. The van der Waals surface area contributed by atoms with Crippen LogP contribution in [0.3, 0.4) is 0 Å². The highest BCUT2D eigenvalue weighted by Gasteiger charge is 2.35. The van der Waals surface area contributed by atoms with E-state index in [1.165, 1.54) is 6.08 Å². The molecule has 0 spiro atoms. The van der Waals surface area contributed by atoms with Crippen molar-refractivity contribution in [2.24, 2.45) is 0 Å². The summed E-state index contributed by atoms with van der Waals surface area (Å²) in [5.41, 5.74) is 3.34. The minimum absolute atomic E-state index is 0.0346. The van der Waals surface area contributed by atoms with Crippen molar-refractivity contribution in [2.75, 3.05) is 22.6 Å². The second kappa shape index (κ2) is 10.2. The third kappa shape index (κ3) is 5.03. The highest BCUT2D eigenvalue weighted by Crippen LogP contribution is 2.45. The first-order chi connectivity index (χ1) is 15.7. The number of thioether (sulfide) groups is 1. The highest BCUT2D eigenvalue weighted by molar-refractivity contribution is 8.00. The van der Waals surface area contributed by atoms with E-state index in [1.54, 1.807) is 22.7 Å². The van der Waals surface area contributed by atoms with E-state index in [-0.39, 0.29) is 17.2 Å². The summed E-state index contributed by atoms with van der Waals surface area (Å²) in [6.45, 7) is 2.45. The number of hydrogen-bond acceptors (Lipinski definition) is 4. The van der Waals surface area contributed by atoms with Crippen molar-refractivity contribution in [2.45, 2.75) is 12.3 Å². The zero-order valence-electron chi connectivity index (χ0n) is 17.7. The van der Waals surface area contributed by atoms with Crippen LogP contribution in [0.4, 0.5) is 11.4 Å². The average molecular weight is 445 g/mol. The summed E-state index contributed by atoms with van der Waals surface area (Å²) in [7, 11) is 0. The van der Waals surface area contributed by atoms with Gasteiger partial charge in [0.2, 0.25) is 11.8 Å². The van der Waals surface area contributed by atoms with Crippen LogP contribution in [0, 0.1) is 0 Å². The summed E-state index contributed by atoms with van der Waals surface area (Å²) in [6.07, 6.45) is 3.29. The third-order valence-electron chi connectivity index (χ3n) is 4.96. The van der Waals surface area contributed by atoms with Crippen molar-refractivity contribution >= 4 is 41.0 Å². The fraction of sp³-hybridized carbons (Fsp3) is 0.154. The van der Waals surface area contributed by atoms with Gasteiger partial charge in [-0.3, -0.25) is 14.5 Å². The summed E-state index contributed by atoms with van der Waals surface area (Å²) in [5.74, 6) is 0.903. The van der Waals surface area contributed by atoms with Crippen LogP contribution in [-0.2, 0) is 9.59 Å². The largest absolute Gasteiger partial charge is 0.492 e. The fourth-order valence-corrected chi connectivity index (χ4v) is 4.71. The molecule has 0 saturated carbocycles. The van der Waals surface area contributed by atoms with Crippen molar-refractivity contribution < 1.29 is 14.3 Å². The zero-order valence-corrected chi connectivity index (χ0v) is 18.5. The van der Waals surface area contributed by atoms with Crippen LogP contribution < -0.4 is 15.0 Å². The van der Waals surface area contributed by atoms with Crippen LogP contribution in [0.15, 0.2) is 84.9 Å². The predicted octanol–water partition coefficient (Wildman–Crippen LogP) is 5.52. The Balaban J connectivity index is 1.54. The lowest BCUT2D eigenvalue weighted by molar-refractivity contribution is -0.116. The molecule has 0 radical (unpaired) electrons. The Kier molecular flexibility index (Phi) is 6.92. The molecule has 4 rings (SSSR count). The van der Waals surface area contributed by atoms with Crippen LogP contribution in [-0.4, -0.2) is 24.2 Å². The average Bonchev–Trinajstić information content (AvgIpc) is 3.20. The van der Waals surface area contributed by atoms with Crippen LogP contribution in [0.5, 0.6) is 5.75 Å². The zero-order chi connectivity index (χ0) is 22.3. The molecule has 0 aromatic heterocycles. The Morgan fingerprint density at radius 3 is 2.69 bits per heavy atom. The first-order valence-corrected chi connectivity index (χ1v) is 11.5. The number of carbonyl (C=O) groups excluding carboxylic acids is 2. The topological polar surface area (TPSA) is 58.6 Å². The number of carbonyl (C=O) groups is 2. The molecule has 1 unspecified atom stereocenters. The number of nitrogens with one attached hydrogen (secondary N) is 1. The van der Waals surface area contributed by atoms with Crippen molar-refractivity contribution in [3.8, 4) is 5.75 Å². The molecule has 1 saturated heterocycles. The summed E-state index contributed by atoms with van der Waals surface area (Å²) >= 11 is 1.56. The molecule has 1 fully saturated rings. The van der Waals surface area contributed by atoms with Crippen LogP contribution in [0.25, 0.3) is 6.08 Å². The van der Waals surface area contributed by atoms with E-state index < -0.39 is 0 Å². The second-order valence-corrected chi connectivity index (χ2v) is 8.26. The number of hydrogen-bond donors (Lipinski definition) is 1. The minimum Gasteiger partial charge on any atom is -0.492 e. The maximum atomic E-state index is 12.8. The van der Waals surface area contributed by atoms with Gasteiger partial charge in [0.05, 0.1) is 18.0 Å². The standard InChI is InChI=1S/C26H24N2O3S/c1-2-31-23-14-7-6-13-22(23)28-25(30)18-32-26(28)20-11-8-12-21(17-20)27-24(29)16-15-19-9-4-3-5-10-19/h3-17,26H,2,18H2,1H3,(H,27,29). The Morgan fingerprint density at radius 1 is 1.09 bits per heavy atom. The Bertz CT molecular complexity index is 1130. The number of para-hydroxylation sites is 2. The molecule has 6 heteroatoms. The molecule has 1 aliphatic rings. The number of benzene rings is 3. The van der Waals surface area contributed by atoms with Crippen molar-refractivity contribution in [3.63, 3.8) is 0 Å². The molecule has 0 aliphatic carbocycles. The lowest BCUT2D eigenvalue weighted by Crippen LogP contribution is -2.28. The Hall–Kier alpha value is -3.51. The lowest BCUT2D eigenvalue weighted by atomic mass is 10.1. The van der Waals surface area contributed by atoms with Gasteiger partial charge in [0.15, 0.2) is 0 Å². The summed E-state index contributed by atoms with van der Waals surface area (Å²) in [6, 6.07) is 24.9. The molecule has 0 bridgehead atoms. The molecule has 3 aromatic rings. The highest BCUT2D eigenvalue weighted by atomic mass is 32.2. The van der Waals surface area contributed by atoms with Gasteiger partial charge in [0.1, 0.15) is 11.1 Å². The molecule has 1 atom stereocenters. The van der Waals surface area contributed by atoms with Gasteiger partial charge in [-0.1, -0.05) is 54.6 Å². The number of nitrogens with zero attached hydrogens (tertiary/aromatic N) is 1. The fourth-order valence-electron chi connectivity index (χ4n) is 3.55. The monoisotopic (exact) mass is 444 g/mol. The molecule has 3 aromatic carbocycles. The molecule has 162 valence electrons. The maximum Gasteiger partial charge on any atom is 0.248 e. The SMILES string of the molecule is CCOc1ccccc1N1C(=O)CSC1c1cccc(NC(=O)C=Cc2ccccc2)c1. The molecule has 5 nitrogen and oxygen atoms in total. The van der Waals surface area contributed by atoms with E-state index in [4.69, 9.17) is 4.74 Å². The van der Waals surface area contributed by atoms with Crippen LogP contribution in [0.2, 0.25) is 0 Å². The Labute approximate surface area is 192 Å². The summed E-state index contributed by atoms with van der Waals surface area (Å²) in [4.78, 5) is 26.9. The van der Waals surface area contributed by atoms with Crippen molar-refractivity contribution in [1.82, 2.24) is 0 Å². The van der Waals surface area contributed by atoms with Gasteiger partial charge in [-0.05, 0) is 48.4 Å². The van der Waals surface area contributed by atoms with Crippen LogP contribution in [0.1, 0.15) is 23.4 Å². The van der Waals surface area contributed by atoms with E-state index in [0.717, 1.165) is 16.8 Å². The summed E-state index contributed by atoms with van der Waals surface area (Å²) < 4.78 is 5.75. The van der Waals surface area contributed by atoms with Gasteiger partial charge >= 0.3 is 0 Å². The molecule has 32 heavy (non-hydrogen) atoms. The quantitative estimate of drug-likeness (QED) is 0.488. The van der Waals surface area contributed by atoms with Gasteiger partial charge < -0.3 is 10.1 Å². The Morgan fingerprint density at radius 2 is 1.88 bits per heavy atom. The van der Waals surface area contributed by atoms with Gasteiger partial charge in [-0.15, -0.1) is 11.8 Å². The first-order valence-electron chi connectivity index (χ1n) is 10.5. The second-order valence-electron chi connectivity index (χ2n) is 7.19. The molecule has 1 aliphatic heterocycles. The minimum atomic E-state index is -0.209. The van der Waals surface area contributed by atoms with Gasteiger partial charge in [0, 0.05) is 11.8 Å².